The van der Waals surface area contributed by atoms with Gasteiger partial charge in [0, 0.05) is 30.5 Å². The van der Waals surface area contributed by atoms with Gasteiger partial charge in [0.25, 0.3) is 0 Å². The Labute approximate surface area is 208 Å². The molecule has 12 nitrogen and oxygen atoms in total. The maximum absolute atomic E-state index is 12.1. The highest BCUT2D eigenvalue weighted by atomic mass is 16.7. The Morgan fingerprint density at radius 3 is 2.53 bits per heavy atom. The second kappa shape index (κ2) is 13.2. The van der Waals surface area contributed by atoms with Gasteiger partial charge in [-0.05, 0) is 38.4 Å². The lowest BCUT2D eigenvalue weighted by atomic mass is 9.99. The summed E-state index contributed by atoms with van der Waals surface area (Å²) in [5.74, 6) is -0.128. The lowest BCUT2D eigenvalue weighted by Gasteiger charge is -2.39. The van der Waals surface area contributed by atoms with E-state index in [2.05, 4.69) is 5.32 Å². The van der Waals surface area contributed by atoms with E-state index < -0.39 is 43.3 Å². The van der Waals surface area contributed by atoms with Crippen LogP contribution in [0.1, 0.15) is 24.5 Å². The fourth-order valence-corrected chi connectivity index (χ4v) is 3.99. The van der Waals surface area contributed by atoms with Crippen molar-refractivity contribution in [3.05, 3.63) is 23.5 Å². The molecule has 1 aliphatic heterocycles. The Morgan fingerprint density at radius 2 is 1.86 bits per heavy atom. The number of aliphatic hydroxyl groups excluding tert-OH is 5. The predicted molar refractivity (Wildman–Crippen MR) is 126 cm³/mol. The van der Waals surface area contributed by atoms with E-state index in [-0.39, 0.29) is 44.2 Å². The van der Waals surface area contributed by atoms with Gasteiger partial charge in [-0.2, -0.15) is 0 Å². The molecule has 0 bridgehead atoms. The quantitative estimate of drug-likeness (QED) is 0.146. The normalized spacial score (nSPS) is 24.1. The van der Waals surface area contributed by atoms with E-state index in [9.17, 15) is 30.3 Å². The molecule has 3 rings (SSSR count). The Balaban J connectivity index is 2.08. The predicted octanol–water partition coefficient (Wildman–Crippen LogP) is -0.760. The van der Waals surface area contributed by atoms with Crippen LogP contribution in [0.2, 0.25) is 0 Å². The number of hydrogen-bond acceptors (Lipinski definition) is 12. The zero-order chi connectivity index (χ0) is 26.2. The topological polar surface area (TPSA) is 180 Å². The molecule has 1 aromatic heterocycles. The average molecular weight is 514 g/mol. The van der Waals surface area contributed by atoms with E-state index in [0.29, 0.717) is 29.5 Å². The zero-order valence-corrected chi connectivity index (χ0v) is 20.4. The van der Waals surface area contributed by atoms with Gasteiger partial charge in [0.15, 0.2) is 11.3 Å². The van der Waals surface area contributed by atoms with Crippen molar-refractivity contribution < 1.29 is 53.7 Å². The van der Waals surface area contributed by atoms with Crippen molar-refractivity contribution in [3.8, 4) is 11.5 Å². The van der Waals surface area contributed by atoms with E-state index in [0.717, 1.165) is 5.56 Å². The van der Waals surface area contributed by atoms with E-state index >= 15 is 0 Å². The average Bonchev–Trinajstić information content (AvgIpc) is 3.26. The Bertz CT molecular complexity index is 992. The third kappa shape index (κ3) is 6.27. The largest absolute Gasteiger partial charge is 0.485 e. The van der Waals surface area contributed by atoms with Crippen LogP contribution < -0.4 is 14.8 Å². The van der Waals surface area contributed by atoms with Gasteiger partial charge in [-0.25, -0.2) is 0 Å². The van der Waals surface area contributed by atoms with Crippen LogP contribution in [-0.4, -0.2) is 102 Å². The van der Waals surface area contributed by atoms with E-state index in [1.165, 1.54) is 6.26 Å². The molecule has 0 spiro atoms. The van der Waals surface area contributed by atoms with Crippen LogP contribution in [0.4, 0.5) is 0 Å². The van der Waals surface area contributed by atoms with Crippen LogP contribution in [0.15, 0.2) is 16.7 Å². The summed E-state index contributed by atoms with van der Waals surface area (Å²) >= 11 is 0. The van der Waals surface area contributed by atoms with Gasteiger partial charge < -0.3 is 54.2 Å². The lowest BCUT2D eigenvalue weighted by Crippen LogP contribution is -2.60. The van der Waals surface area contributed by atoms with Crippen molar-refractivity contribution in [1.29, 1.82) is 0 Å². The van der Waals surface area contributed by atoms with Crippen molar-refractivity contribution >= 4 is 16.9 Å². The van der Waals surface area contributed by atoms with Gasteiger partial charge in [-0.15, -0.1) is 0 Å². The summed E-state index contributed by atoms with van der Waals surface area (Å²) in [6.07, 6.45) is -5.46. The number of aryl methyl sites for hydroxylation is 1. The van der Waals surface area contributed by atoms with Crippen LogP contribution in [-0.2, 0) is 27.1 Å². The van der Waals surface area contributed by atoms with Gasteiger partial charge in [-0.1, -0.05) is 0 Å². The van der Waals surface area contributed by atoms with Crippen LogP contribution in [0.5, 0.6) is 11.5 Å². The van der Waals surface area contributed by atoms with Gasteiger partial charge >= 0.3 is 5.97 Å². The maximum Gasteiger partial charge on any atom is 0.306 e. The van der Waals surface area contributed by atoms with E-state index in [1.54, 1.807) is 20.0 Å². The molecular formula is C24H35NO11. The summed E-state index contributed by atoms with van der Waals surface area (Å²) in [5, 5.41) is 53.5. The minimum absolute atomic E-state index is 0.0214. The van der Waals surface area contributed by atoms with E-state index in [1.807, 2.05) is 0 Å². The number of aliphatic hydroxyl groups is 5. The molecule has 2 heterocycles. The molecule has 202 valence electrons. The molecule has 36 heavy (non-hydrogen) atoms. The number of likely N-dealkylation sites (N-methyl/N-ethyl adjacent to an activating group) is 1. The number of rotatable bonds is 13. The van der Waals surface area contributed by atoms with Crippen molar-refractivity contribution in [2.75, 3.05) is 40.0 Å². The molecule has 1 aromatic carbocycles. The van der Waals surface area contributed by atoms with Crippen molar-refractivity contribution in [1.82, 2.24) is 5.32 Å². The molecule has 2 aromatic rings. The number of hydrogen-bond donors (Lipinski definition) is 6. The molecule has 1 fully saturated rings. The second-order valence-corrected chi connectivity index (χ2v) is 8.38. The number of esters is 1. The molecule has 1 aliphatic rings. The highest BCUT2D eigenvalue weighted by Gasteiger charge is 2.45. The highest BCUT2D eigenvalue weighted by Crippen LogP contribution is 2.43. The smallest absolute Gasteiger partial charge is 0.306 e. The first-order valence-corrected chi connectivity index (χ1v) is 11.9. The molecule has 0 aliphatic carbocycles. The van der Waals surface area contributed by atoms with Gasteiger partial charge in [0.05, 0.1) is 19.5 Å². The van der Waals surface area contributed by atoms with Crippen LogP contribution in [0, 0.1) is 0 Å². The maximum atomic E-state index is 12.1. The fraction of sp³-hybridized carbons (Fsp3) is 0.625. The summed E-state index contributed by atoms with van der Waals surface area (Å²) in [6.45, 7) is 1.91. The Morgan fingerprint density at radius 1 is 1.08 bits per heavy atom. The van der Waals surface area contributed by atoms with Crippen molar-refractivity contribution in [3.63, 3.8) is 0 Å². The number of carbonyl (C=O) groups excluding carboxylic acids is 1. The first-order chi connectivity index (χ1) is 17.4. The monoisotopic (exact) mass is 513 g/mol. The molecule has 12 heteroatoms. The van der Waals surface area contributed by atoms with Crippen molar-refractivity contribution in [2.45, 2.75) is 56.9 Å². The molecule has 0 amide bonds. The fourth-order valence-electron chi connectivity index (χ4n) is 3.99. The van der Waals surface area contributed by atoms with Gasteiger partial charge in [0.1, 0.15) is 31.0 Å². The molecule has 1 saturated heterocycles. The molecule has 5 atom stereocenters. The summed E-state index contributed by atoms with van der Waals surface area (Å²) in [7, 11) is 1.76. The number of fused-ring (bicyclic) bond motifs is 1. The third-order valence-corrected chi connectivity index (χ3v) is 5.90. The molecule has 0 unspecified atom stereocenters. The highest BCUT2D eigenvalue weighted by molar-refractivity contribution is 5.90. The zero-order valence-electron chi connectivity index (χ0n) is 20.4. The third-order valence-electron chi connectivity index (χ3n) is 5.90. The lowest BCUT2D eigenvalue weighted by molar-refractivity contribution is -0.277. The summed E-state index contributed by atoms with van der Waals surface area (Å²) in [4.78, 5) is 12.1. The molecule has 0 radical (unpaired) electrons. The van der Waals surface area contributed by atoms with Crippen LogP contribution in [0.3, 0.4) is 0 Å². The number of ether oxygens (including phenoxy) is 4. The molecule has 0 saturated carbocycles. The first-order valence-electron chi connectivity index (χ1n) is 11.9. The standard InChI is InChI=1S/C24H35NO11/c1-3-32-17(28)5-4-13-10-15-14(6-8-26)12-34-22(15)23(33-9-7-25-2)21(13)36-24-20(31)19(30)18(29)16(11-27)35-24/h10,12,16,18-20,24-27,29-31H,3-9,11H2,1-2H3/t16-,18-,19+,20-,24-/m1/s1. The number of furan rings is 1. The Kier molecular flexibility index (Phi) is 10.3. The minimum atomic E-state index is -1.65. The SMILES string of the molecule is CCOC(=O)CCc1cc2c(CCO)coc2c(OCCNC)c1O[C@H]1O[C@H](CO)[C@@H](O)[C@H](O)[C@H]1O. The summed E-state index contributed by atoms with van der Waals surface area (Å²) in [5.41, 5.74) is 1.56. The number of nitrogens with one attached hydrogen (secondary N) is 1. The van der Waals surface area contributed by atoms with Gasteiger partial charge in [-0.3, -0.25) is 4.79 Å². The first kappa shape index (κ1) is 28.1. The second-order valence-electron chi connectivity index (χ2n) is 8.38. The summed E-state index contributed by atoms with van der Waals surface area (Å²) in [6, 6.07) is 1.74. The van der Waals surface area contributed by atoms with Crippen LogP contribution in [0.25, 0.3) is 11.0 Å². The van der Waals surface area contributed by atoms with E-state index in [4.69, 9.17) is 23.4 Å². The number of carbonyl (C=O) groups is 1. The molecule has 6 N–H and O–H groups in total. The Hall–Kier alpha value is -2.45. The summed E-state index contributed by atoms with van der Waals surface area (Å²) < 4.78 is 28.4. The number of benzene rings is 1. The van der Waals surface area contributed by atoms with Crippen molar-refractivity contribution in [2.24, 2.45) is 0 Å². The van der Waals surface area contributed by atoms with Crippen LogP contribution >= 0.6 is 0 Å². The van der Waals surface area contributed by atoms with Gasteiger partial charge in [0.2, 0.25) is 12.0 Å². The molecular weight excluding hydrogens is 478 g/mol. The minimum Gasteiger partial charge on any atom is -0.485 e.